The molecule has 1 saturated heterocycles. The Labute approximate surface area is 152 Å². The lowest BCUT2D eigenvalue weighted by molar-refractivity contribution is -0.125. The number of likely N-dealkylation sites (tertiary alicyclic amines) is 1. The van der Waals surface area contributed by atoms with E-state index < -0.39 is 0 Å². The monoisotopic (exact) mass is 361 g/mol. The highest BCUT2D eigenvalue weighted by Gasteiger charge is 2.22. The molecule has 0 radical (unpaired) electrons. The largest absolute Gasteiger partial charge is 0.353 e. The number of hydrogen-bond donors (Lipinski definition) is 2. The first-order valence-corrected chi connectivity index (χ1v) is 7.90. The number of benzene rings is 1. The summed E-state index contributed by atoms with van der Waals surface area (Å²) >= 11 is 0. The third-order valence-electron chi connectivity index (χ3n) is 4.14. The average Bonchev–Trinajstić information content (AvgIpc) is 2.50. The molecule has 2 rings (SSSR count). The van der Waals surface area contributed by atoms with Crippen molar-refractivity contribution in [1.82, 2.24) is 15.5 Å². The number of nitrogens with zero attached hydrogens (tertiary/aromatic N) is 1. The van der Waals surface area contributed by atoms with Crippen molar-refractivity contribution in [2.75, 3.05) is 26.7 Å². The summed E-state index contributed by atoms with van der Waals surface area (Å²) in [6.07, 6.45) is 2.09. The number of amides is 1. The molecule has 1 atom stereocenters. The van der Waals surface area contributed by atoms with Gasteiger partial charge in [-0.1, -0.05) is 37.3 Å². The third kappa shape index (κ3) is 7.53. The molecule has 132 valence electrons. The standard InChI is InChI=1S/C17H27N3O.2ClH/c1-14(12-18-2)17(21)19-16-8-10-20(11-9-16)13-15-6-4-3-5-7-15;;/h3-7,14,16,18H,8-13H2,1-2H3,(H,19,21);2*1H. The van der Waals surface area contributed by atoms with Gasteiger partial charge in [-0.3, -0.25) is 9.69 Å². The van der Waals surface area contributed by atoms with Gasteiger partial charge in [-0.2, -0.15) is 0 Å². The van der Waals surface area contributed by atoms with E-state index in [0.717, 1.165) is 39.0 Å². The number of hydrogen-bond acceptors (Lipinski definition) is 3. The van der Waals surface area contributed by atoms with Crippen LogP contribution in [0.3, 0.4) is 0 Å². The highest BCUT2D eigenvalue weighted by Crippen LogP contribution is 2.14. The minimum absolute atomic E-state index is 0. The summed E-state index contributed by atoms with van der Waals surface area (Å²) in [7, 11) is 1.88. The fraction of sp³-hybridized carbons (Fsp3) is 0.588. The zero-order chi connectivity index (χ0) is 15.1. The predicted octanol–water partition coefficient (Wildman–Crippen LogP) is 2.47. The van der Waals surface area contributed by atoms with Crippen LogP contribution < -0.4 is 10.6 Å². The van der Waals surface area contributed by atoms with Crippen molar-refractivity contribution < 1.29 is 4.79 Å². The van der Waals surface area contributed by atoms with E-state index in [2.05, 4.69) is 45.9 Å². The molecule has 1 fully saturated rings. The van der Waals surface area contributed by atoms with Crippen LogP contribution in [0.5, 0.6) is 0 Å². The second-order valence-electron chi connectivity index (χ2n) is 6.00. The molecule has 1 unspecified atom stereocenters. The maximum atomic E-state index is 12.0. The van der Waals surface area contributed by atoms with E-state index in [0.29, 0.717) is 6.04 Å². The molecular formula is C17H29Cl2N3O. The second-order valence-corrected chi connectivity index (χ2v) is 6.00. The molecule has 0 saturated carbocycles. The van der Waals surface area contributed by atoms with Crippen LogP contribution in [0, 0.1) is 5.92 Å². The first-order valence-electron chi connectivity index (χ1n) is 7.90. The first kappa shape index (κ1) is 22.2. The van der Waals surface area contributed by atoms with Crippen molar-refractivity contribution in [3.8, 4) is 0 Å². The molecule has 0 spiro atoms. The van der Waals surface area contributed by atoms with Gasteiger partial charge in [0.25, 0.3) is 0 Å². The maximum Gasteiger partial charge on any atom is 0.224 e. The van der Waals surface area contributed by atoms with Crippen LogP contribution in [0.1, 0.15) is 25.3 Å². The molecule has 6 heteroatoms. The number of carbonyl (C=O) groups excluding carboxylic acids is 1. The SMILES string of the molecule is CNCC(C)C(=O)NC1CCN(Cc2ccccc2)CC1.Cl.Cl. The predicted molar refractivity (Wildman–Crippen MR) is 100 cm³/mol. The van der Waals surface area contributed by atoms with E-state index in [-0.39, 0.29) is 36.6 Å². The molecular weight excluding hydrogens is 333 g/mol. The number of halogens is 2. The van der Waals surface area contributed by atoms with Crippen molar-refractivity contribution in [3.05, 3.63) is 35.9 Å². The Morgan fingerprint density at radius 1 is 1.22 bits per heavy atom. The molecule has 1 aromatic carbocycles. The molecule has 1 aliphatic rings. The Morgan fingerprint density at radius 2 is 1.83 bits per heavy atom. The lowest BCUT2D eigenvalue weighted by atomic mass is 10.0. The van der Waals surface area contributed by atoms with Crippen molar-refractivity contribution in [2.24, 2.45) is 5.92 Å². The molecule has 23 heavy (non-hydrogen) atoms. The number of nitrogens with one attached hydrogen (secondary N) is 2. The van der Waals surface area contributed by atoms with Crippen molar-refractivity contribution in [3.63, 3.8) is 0 Å². The molecule has 1 aliphatic heterocycles. The van der Waals surface area contributed by atoms with Crippen LogP contribution in [0.25, 0.3) is 0 Å². The van der Waals surface area contributed by atoms with Gasteiger partial charge in [0.05, 0.1) is 0 Å². The van der Waals surface area contributed by atoms with E-state index in [1.165, 1.54) is 5.56 Å². The molecule has 4 nitrogen and oxygen atoms in total. The number of rotatable bonds is 6. The quantitative estimate of drug-likeness (QED) is 0.817. The Kier molecular flexibility index (Phi) is 11.3. The summed E-state index contributed by atoms with van der Waals surface area (Å²) in [5, 5.41) is 6.23. The van der Waals surface area contributed by atoms with E-state index in [1.54, 1.807) is 0 Å². The summed E-state index contributed by atoms with van der Waals surface area (Å²) in [5.41, 5.74) is 1.36. The summed E-state index contributed by atoms with van der Waals surface area (Å²) in [6, 6.07) is 10.9. The summed E-state index contributed by atoms with van der Waals surface area (Å²) in [4.78, 5) is 14.5. The van der Waals surface area contributed by atoms with Gasteiger partial charge < -0.3 is 10.6 Å². The molecule has 0 aliphatic carbocycles. The van der Waals surface area contributed by atoms with Gasteiger partial charge in [-0.15, -0.1) is 24.8 Å². The summed E-state index contributed by atoms with van der Waals surface area (Å²) in [5.74, 6) is 0.211. The van der Waals surface area contributed by atoms with Gasteiger partial charge in [0.1, 0.15) is 0 Å². The third-order valence-corrected chi connectivity index (χ3v) is 4.14. The summed E-state index contributed by atoms with van der Waals surface area (Å²) in [6.45, 7) is 5.83. The molecule has 2 N–H and O–H groups in total. The van der Waals surface area contributed by atoms with Crippen LogP contribution in [-0.4, -0.2) is 43.5 Å². The van der Waals surface area contributed by atoms with Crippen molar-refractivity contribution in [2.45, 2.75) is 32.4 Å². The van der Waals surface area contributed by atoms with Gasteiger partial charge in [0.15, 0.2) is 0 Å². The van der Waals surface area contributed by atoms with E-state index in [9.17, 15) is 4.79 Å². The topological polar surface area (TPSA) is 44.4 Å². The fourth-order valence-corrected chi connectivity index (χ4v) is 2.82. The normalized spacial score (nSPS) is 16.8. The van der Waals surface area contributed by atoms with E-state index in [1.807, 2.05) is 14.0 Å². The highest BCUT2D eigenvalue weighted by molar-refractivity contribution is 5.85. The summed E-state index contributed by atoms with van der Waals surface area (Å²) < 4.78 is 0. The molecule has 1 aromatic rings. The molecule has 0 aromatic heterocycles. The lowest BCUT2D eigenvalue weighted by Gasteiger charge is -2.32. The minimum Gasteiger partial charge on any atom is -0.353 e. The Balaban J connectivity index is 0.00000242. The van der Waals surface area contributed by atoms with Crippen LogP contribution in [0.4, 0.5) is 0 Å². The van der Waals surface area contributed by atoms with E-state index in [4.69, 9.17) is 0 Å². The second kappa shape index (κ2) is 11.7. The Hall–Kier alpha value is -0.810. The van der Waals surface area contributed by atoms with Crippen LogP contribution >= 0.6 is 24.8 Å². The van der Waals surface area contributed by atoms with Crippen molar-refractivity contribution >= 4 is 30.7 Å². The zero-order valence-electron chi connectivity index (χ0n) is 14.0. The lowest BCUT2D eigenvalue weighted by Crippen LogP contribution is -2.46. The van der Waals surface area contributed by atoms with Gasteiger partial charge in [-0.05, 0) is 25.5 Å². The average molecular weight is 362 g/mol. The van der Waals surface area contributed by atoms with Crippen molar-refractivity contribution in [1.29, 1.82) is 0 Å². The Morgan fingerprint density at radius 3 is 2.39 bits per heavy atom. The maximum absolute atomic E-state index is 12.0. The zero-order valence-corrected chi connectivity index (χ0v) is 15.6. The fourth-order valence-electron chi connectivity index (χ4n) is 2.82. The van der Waals surface area contributed by atoms with Gasteiger partial charge in [0.2, 0.25) is 5.91 Å². The van der Waals surface area contributed by atoms with Crippen LogP contribution in [0.15, 0.2) is 30.3 Å². The van der Waals surface area contributed by atoms with E-state index >= 15 is 0 Å². The number of piperidine rings is 1. The molecule has 1 amide bonds. The van der Waals surface area contributed by atoms with Crippen LogP contribution in [0.2, 0.25) is 0 Å². The molecule has 1 heterocycles. The minimum atomic E-state index is 0. The Bertz CT molecular complexity index is 437. The molecule has 0 bridgehead atoms. The highest BCUT2D eigenvalue weighted by atomic mass is 35.5. The number of carbonyl (C=O) groups is 1. The smallest absolute Gasteiger partial charge is 0.224 e. The van der Waals surface area contributed by atoms with Gasteiger partial charge in [-0.25, -0.2) is 0 Å². The van der Waals surface area contributed by atoms with Crippen LogP contribution in [-0.2, 0) is 11.3 Å². The van der Waals surface area contributed by atoms with Gasteiger partial charge in [0, 0.05) is 38.1 Å². The first-order chi connectivity index (χ1) is 10.2. The van der Waals surface area contributed by atoms with Gasteiger partial charge >= 0.3 is 0 Å².